The van der Waals surface area contributed by atoms with Crippen LogP contribution in [0, 0.1) is 0 Å². The van der Waals surface area contributed by atoms with E-state index >= 15 is 0 Å². The normalized spacial score (nSPS) is 9.88. The molecule has 1 aromatic heterocycles. The van der Waals surface area contributed by atoms with Crippen LogP contribution in [0.1, 0.15) is 10.4 Å². The molecule has 0 aliphatic heterocycles. The molecular weight excluding hydrogens is 274 g/mol. The lowest BCUT2D eigenvalue weighted by Crippen LogP contribution is -1.96. The molecule has 0 unspecified atom stereocenters. The molecule has 1 aromatic carbocycles. The predicted molar refractivity (Wildman–Crippen MR) is 63.8 cm³/mol. The third-order valence-electron chi connectivity index (χ3n) is 1.94. The molecule has 0 radical (unpaired) electrons. The van der Waals surface area contributed by atoms with E-state index in [1.807, 2.05) is 0 Å². The summed E-state index contributed by atoms with van der Waals surface area (Å²) in [5.41, 5.74) is 0.133. The first kappa shape index (κ1) is 13.0. The van der Waals surface area contributed by atoms with E-state index in [0.29, 0.717) is 10.8 Å². The number of halogens is 3. The van der Waals surface area contributed by atoms with Crippen LogP contribution in [0.2, 0.25) is 10.3 Å². The number of hydrogen-bond acceptors (Lipinski definition) is 3. The molecule has 0 atom stereocenters. The Hall–Kier alpha value is -1.10. The smallest absolute Gasteiger partial charge is 0.335 e. The minimum atomic E-state index is -1.03. The van der Waals surface area contributed by atoms with Crippen molar-refractivity contribution in [1.82, 2.24) is 10.2 Å². The maximum atomic E-state index is 10.7. The Bertz CT molecular complexity index is 560. The maximum absolute atomic E-state index is 10.7. The molecule has 7 heteroatoms. The van der Waals surface area contributed by atoms with Gasteiger partial charge in [0.1, 0.15) is 0 Å². The molecule has 0 saturated heterocycles. The molecule has 16 heavy (non-hydrogen) atoms. The molecule has 0 aliphatic rings. The monoisotopic (exact) mass is 278 g/mol. The molecule has 2 aromatic rings. The Labute approximate surface area is 107 Å². The quantitative estimate of drug-likeness (QED) is 0.871. The first-order valence-electron chi connectivity index (χ1n) is 3.94. The van der Waals surface area contributed by atoms with Gasteiger partial charge in [0.05, 0.1) is 5.56 Å². The number of aromatic carboxylic acids is 1. The zero-order valence-corrected chi connectivity index (χ0v) is 9.97. The predicted octanol–water partition coefficient (Wildman–Crippen LogP) is 3.06. The zero-order chi connectivity index (χ0) is 11.0. The molecule has 1 heterocycles. The van der Waals surface area contributed by atoms with Crippen LogP contribution in [-0.2, 0) is 0 Å². The van der Waals surface area contributed by atoms with Crippen LogP contribution in [0.5, 0.6) is 0 Å². The van der Waals surface area contributed by atoms with Crippen LogP contribution in [-0.4, -0.2) is 21.3 Å². The number of carboxylic acid groups (broad SMARTS) is 1. The minimum absolute atomic E-state index is 0. The molecule has 0 bridgehead atoms. The molecule has 0 fully saturated rings. The second kappa shape index (κ2) is 4.82. The lowest BCUT2D eigenvalue weighted by molar-refractivity contribution is 0.0697. The third-order valence-corrected chi connectivity index (χ3v) is 2.50. The summed E-state index contributed by atoms with van der Waals surface area (Å²) in [5, 5.41) is 17.4. The highest BCUT2D eigenvalue weighted by Gasteiger charge is 2.09. The first-order valence-corrected chi connectivity index (χ1v) is 4.70. The average Bonchev–Trinajstić information content (AvgIpc) is 2.23. The molecule has 0 saturated carbocycles. The van der Waals surface area contributed by atoms with E-state index < -0.39 is 5.97 Å². The number of benzene rings is 1. The van der Waals surface area contributed by atoms with Gasteiger partial charge in [-0.1, -0.05) is 29.3 Å². The standard InChI is InChI=1S/C9H4Cl2N2O2.ClH/c10-7-5-2-1-4(9(14)15)3-6(5)8(11)13-12-7;/h1-3H,(H,14,15);1H. The molecule has 84 valence electrons. The first-order chi connectivity index (χ1) is 7.09. The second-order valence-corrected chi connectivity index (χ2v) is 3.56. The van der Waals surface area contributed by atoms with E-state index in [4.69, 9.17) is 28.3 Å². The van der Waals surface area contributed by atoms with Gasteiger partial charge in [0.15, 0.2) is 10.3 Å². The van der Waals surface area contributed by atoms with Crippen LogP contribution in [0.4, 0.5) is 0 Å². The fourth-order valence-corrected chi connectivity index (χ4v) is 1.62. The number of carboxylic acids is 1. The number of carbonyl (C=O) groups is 1. The molecule has 2 rings (SSSR count). The van der Waals surface area contributed by atoms with Crippen molar-refractivity contribution in [3.8, 4) is 0 Å². The molecule has 0 aliphatic carbocycles. The Morgan fingerprint density at radius 3 is 2.25 bits per heavy atom. The molecule has 0 spiro atoms. The number of nitrogens with zero attached hydrogens (tertiary/aromatic N) is 2. The van der Waals surface area contributed by atoms with Gasteiger partial charge in [0.25, 0.3) is 0 Å². The van der Waals surface area contributed by atoms with Crippen molar-refractivity contribution >= 4 is 52.4 Å². The highest BCUT2D eigenvalue weighted by Crippen LogP contribution is 2.26. The topological polar surface area (TPSA) is 63.1 Å². The largest absolute Gasteiger partial charge is 0.478 e. The van der Waals surface area contributed by atoms with Gasteiger partial charge in [0, 0.05) is 10.8 Å². The fourth-order valence-electron chi connectivity index (χ4n) is 1.22. The third kappa shape index (κ3) is 2.19. The van der Waals surface area contributed by atoms with Crippen molar-refractivity contribution in [3.63, 3.8) is 0 Å². The van der Waals surface area contributed by atoms with Gasteiger partial charge in [0.2, 0.25) is 0 Å². The number of hydrogen-bond donors (Lipinski definition) is 1. The summed E-state index contributed by atoms with van der Waals surface area (Å²) in [7, 11) is 0. The summed E-state index contributed by atoms with van der Waals surface area (Å²) in [6.07, 6.45) is 0. The minimum Gasteiger partial charge on any atom is -0.478 e. The lowest BCUT2D eigenvalue weighted by atomic mass is 10.1. The van der Waals surface area contributed by atoms with Crippen molar-refractivity contribution in [2.75, 3.05) is 0 Å². The van der Waals surface area contributed by atoms with Gasteiger partial charge >= 0.3 is 5.97 Å². The van der Waals surface area contributed by atoms with E-state index in [0.717, 1.165) is 0 Å². The van der Waals surface area contributed by atoms with Gasteiger partial charge in [-0.2, -0.15) is 0 Å². The summed E-state index contributed by atoms with van der Waals surface area (Å²) in [4.78, 5) is 10.7. The van der Waals surface area contributed by atoms with E-state index in [2.05, 4.69) is 10.2 Å². The molecule has 0 amide bonds. The summed E-state index contributed by atoms with van der Waals surface area (Å²) < 4.78 is 0. The fraction of sp³-hybridized carbons (Fsp3) is 0. The van der Waals surface area contributed by atoms with Crippen molar-refractivity contribution in [2.45, 2.75) is 0 Å². The molecule has 4 nitrogen and oxygen atoms in total. The van der Waals surface area contributed by atoms with Crippen molar-refractivity contribution < 1.29 is 9.90 Å². The van der Waals surface area contributed by atoms with Crippen molar-refractivity contribution in [2.24, 2.45) is 0 Å². The van der Waals surface area contributed by atoms with Crippen LogP contribution < -0.4 is 0 Å². The van der Waals surface area contributed by atoms with Crippen molar-refractivity contribution in [1.29, 1.82) is 0 Å². The zero-order valence-electron chi connectivity index (χ0n) is 7.65. The lowest BCUT2D eigenvalue weighted by Gasteiger charge is -2.01. The van der Waals surface area contributed by atoms with Crippen LogP contribution in [0.3, 0.4) is 0 Å². The van der Waals surface area contributed by atoms with E-state index in [9.17, 15) is 4.79 Å². The summed E-state index contributed by atoms with van der Waals surface area (Å²) in [6, 6.07) is 4.41. The highest BCUT2D eigenvalue weighted by molar-refractivity contribution is 6.38. The Kier molecular flexibility index (Phi) is 3.91. The van der Waals surface area contributed by atoms with E-state index in [1.54, 1.807) is 6.07 Å². The summed E-state index contributed by atoms with van der Waals surface area (Å²) in [6.45, 7) is 0. The van der Waals surface area contributed by atoms with E-state index in [1.165, 1.54) is 12.1 Å². The van der Waals surface area contributed by atoms with Gasteiger partial charge in [-0.15, -0.1) is 22.6 Å². The van der Waals surface area contributed by atoms with Gasteiger partial charge in [-0.05, 0) is 12.1 Å². The van der Waals surface area contributed by atoms with Gasteiger partial charge in [-0.25, -0.2) is 4.79 Å². The summed E-state index contributed by atoms with van der Waals surface area (Å²) in [5.74, 6) is -1.03. The number of fused-ring (bicyclic) bond motifs is 1. The average molecular weight is 280 g/mol. The second-order valence-electron chi connectivity index (χ2n) is 2.85. The Morgan fingerprint density at radius 2 is 1.69 bits per heavy atom. The van der Waals surface area contributed by atoms with Crippen molar-refractivity contribution in [3.05, 3.63) is 34.1 Å². The van der Waals surface area contributed by atoms with Crippen LogP contribution in [0.25, 0.3) is 10.8 Å². The highest BCUT2D eigenvalue weighted by atomic mass is 35.5. The number of aromatic nitrogens is 2. The van der Waals surface area contributed by atoms with E-state index in [-0.39, 0.29) is 28.3 Å². The Morgan fingerprint density at radius 1 is 1.12 bits per heavy atom. The van der Waals surface area contributed by atoms with Crippen LogP contribution in [0.15, 0.2) is 18.2 Å². The summed E-state index contributed by atoms with van der Waals surface area (Å²) >= 11 is 11.6. The number of rotatable bonds is 1. The van der Waals surface area contributed by atoms with Crippen LogP contribution >= 0.6 is 35.6 Å². The van der Waals surface area contributed by atoms with Gasteiger partial charge in [-0.3, -0.25) is 0 Å². The SMILES string of the molecule is Cl.O=C(O)c1ccc2c(Cl)nnc(Cl)c2c1. The molecular formula is C9H5Cl3N2O2. The maximum Gasteiger partial charge on any atom is 0.335 e. The molecule has 1 N–H and O–H groups in total. The van der Waals surface area contributed by atoms with Gasteiger partial charge < -0.3 is 5.11 Å². The Balaban J connectivity index is 0.00000128.